The maximum atomic E-state index is 9.30. The lowest BCUT2D eigenvalue weighted by atomic mass is 9.75. The van der Waals surface area contributed by atoms with Crippen LogP contribution in [0.15, 0.2) is 139 Å². The van der Waals surface area contributed by atoms with Crippen LogP contribution in [0.2, 0.25) is 0 Å². The first-order valence-electron chi connectivity index (χ1n) is 17.1. The van der Waals surface area contributed by atoms with Gasteiger partial charge in [-0.3, -0.25) is 0 Å². The van der Waals surface area contributed by atoms with Crippen molar-refractivity contribution in [3.63, 3.8) is 0 Å². The lowest BCUT2D eigenvalue weighted by Crippen LogP contribution is -2.24. The summed E-state index contributed by atoms with van der Waals surface area (Å²) in [6.07, 6.45) is 0. The average molecular weight is 535 g/mol. The molecule has 2 heterocycles. The Hall–Kier alpha value is -5.08. The fourth-order valence-corrected chi connectivity index (χ4v) is 5.94. The second-order valence-electron chi connectivity index (χ2n) is 10.9. The Morgan fingerprint density at radius 3 is 2.07 bits per heavy atom. The summed E-state index contributed by atoms with van der Waals surface area (Å²) in [7, 11) is 0. The van der Waals surface area contributed by atoms with Gasteiger partial charge in [0.25, 0.3) is 0 Å². The fraction of sp³-hybridized carbons (Fsp3) is 0.0769. The Morgan fingerprint density at radius 2 is 1.24 bits per heavy atom. The van der Waals surface area contributed by atoms with Gasteiger partial charge in [0.1, 0.15) is 11.5 Å². The maximum Gasteiger partial charge on any atom is 0.131 e. The third-order valence-electron chi connectivity index (χ3n) is 8.08. The Morgan fingerprint density at radius 1 is 0.585 bits per heavy atom. The molecule has 0 spiro atoms. The van der Waals surface area contributed by atoms with E-state index in [1.165, 1.54) is 0 Å². The van der Waals surface area contributed by atoms with Crippen molar-refractivity contribution >= 4 is 21.8 Å². The molecule has 0 saturated carbocycles. The molecule has 2 heteroatoms. The third-order valence-corrected chi connectivity index (χ3v) is 8.08. The quantitative estimate of drug-likeness (QED) is 0.220. The molecule has 41 heavy (non-hydrogen) atoms. The van der Waals surface area contributed by atoms with Gasteiger partial charge in [-0.1, -0.05) is 105 Å². The molecule has 0 radical (unpaired) electrons. The minimum absolute atomic E-state index is 0.00282. The zero-order chi connectivity index (χ0) is 33.6. The van der Waals surface area contributed by atoms with Crippen molar-refractivity contribution in [2.75, 3.05) is 0 Å². The first-order chi connectivity index (χ1) is 23.0. The second kappa shape index (κ2) is 8.97. The van der Waals surface area contributed by atoms with Crippen LogP contribution in [0, 0.1) is 0 Å². The molecule has 2 nitrogen and oxygen atoms in total. The highest BCUT2D eigenvalue weighted by Gasteiger charge is 2.34. The van der Waals surface area contributed by atoms with E-state index in [0.717, 1.165) is 38.6 Å². The van der Waals surface area contributed by atoms with Crippen LogP contribution in [-0.2, 0) is 5.41 Å². The predicted octanol–water partition coefficient (Wildman–Crippen LogP) is 10.5. The molecule has 0 aliphatic carbocycles. The SMILES string of the molecule is [2H]c1c([2H])c([2H])c2c(c1[2H])Oc1c([2H])c([2H])c(-c3ccc(-c4ccc5c(c4)c4ccccc4n5-c4ccccc4)cc3)c([2H])c1C2(C)C. The Labute approximate surface area is 249 Å². The molecule has 0 fully saturated rings. The molecule has 0 unspecified atom stereocenters. The van der Waals surface area contributed by atoms with Crippen molar-refractivity contribution in [2.24, 2.45) is 0 Å². The topological polar surface area (TPSA) is 14.2 Å². The van der Waals surface area contributed by atoms with Gasteiger partial charge in [-0.05, 0) is 70.7 Å². The van der Waals surface area contributed by atoms with Crippen molar-refractivity contribution in [3.05, 3.63) is 150 Å². The molecular formula is C39H29NO. The molecule has 0 atom stereocenters. The summed E-state index contributed by atoms with van der Waals surface area (Å²) in [5.41, 5.74) is 5.64. The number of benzene rings is 6. The molecule has 0 bridgehead atoms. The number of rotatable bonds is 3. The summed E-state index contributed by atoms with van der Waals surface area (Å²) in [5.74, 6) is -0.0809. The van der Waals surface area contributed by atoms with Crippen LogP contribution in [0.1, 0.15) is 34.6 Å². The summed E-state index contributed by atoms with van der Waals surface area (Å²) >= 11 is 0. The first-order valence-corrected chi connectivity index (χ1v) is 13.6. The number of hydrogen-bond acceptors (Lipinski definition) is 1. The molecule has 1 aromatic heterocycles. The van der Waals surface area contributed by atoms with Gasteiger partial charge in [0.15, 0.2) is 0 Å². The van der Waals surface area contributed by atoms with Crippen LogP contribution in [0.4, 0.5) is 0 Å². The molecule has 8 rings (SSSR count). The summed E-state index contributed by atoms with van der Waals surface area (Å²) in [4.78, 5) is 0. The first kappa shape index (κ1) is 17.6. The van der Waals surface area contributed by atoms with Crippen LogP contribution in [0.3, 0.4) is 0 Å². The molecule has 1 aliphatic heterocycles. The van der Waals surface area contributed by atoms with E-state index in [0.29, 0.717) is 11.1 Å². The van der Waals surface area contributed by atoms with Crippen LogP contribution < -0.4 is 4.74 Å². The second-order valence-corrected chi connectivity index (χ2v) is 10.9. The van der Waals surface area contributed by atoms with Crippen molar-refractivity contribution in [1.82, 2.24) is 4.57 Å². The zero-order valence-corrected chi connectivity index (χ0v) is 22.6. The van der Waals surface area contributed by atoms with E-state index in [9.17, 15) is 1.37 Å². The molecule has 196 valence electrons. The minimum atomic E-state index is -1.09. The van der Waals surface area contributed by atoms with Crippen molar-refractivity contribution in [2.45, 2.75) is 19.3 Å². The lowest BCUT2D eigenvalue weighted by molar-refractivity contribution is 0.418. The number of nitrogens with zero attached hydrogens (tertiary/aromatic N) is 1. The van der Waals surface area contributed by atoms with Gasteiger partial charge in [0.05, 0.1) is 20.6 Å². The summed E-state index contributed by atoms with van der Waals surface area (Å²) in [6, 6.07) is 30.9. The smallest absolute Gasteiger partial charge is 0.131 e. The van der Waals surface area contributed by atoms with E-state index in [2.05, 4.69) is 59.2 Å². The van der Waals surface area contributed by atoms with E-state index < -0.39 is 11.5 Å². The maximum absolute atomic E-state index is 9.30. The fourth-order valence-electron chi connectivity index (χ4n) is 5.94. The van der Waals surface area contributed by atoms with Crippen LogP contribution in [-0.4, -0.2) is 4.57 Å². The highest BCUT2D eigenvalue weighted by Crippen LogP contribution is 2.48. The molecule has 0 amide bonds. The molecule has 0 saturated heterocycles. The van der Waals surface area contributed by atoms with E-state index in [4.69, 9.17) is 13.0 Å². The largest absolute Gasteiger partial charge is 0.457 e. The number of ether oxygens (including phenoxy) is 1. The van der Waals surface area contributed by atoms with Gasteiger partial charge in [0, 0.05) is 33.0 Å². The number of aromatic nitrogens is 1. The summed E-state index contributed by atoms with van der Waals surface area (Å²) in [6.45, 7) is 3.54. The van der Waals surface area contributed by atoms with Crippen molar-refractivity contribution in [1.29, 1.82) is 0 Å². The highest BCUT2D eigenvalue weighted by atomic mass is 16.5. The number of para-hydroxylation sites is 3. The van der Waals surface area contributed by atoms with Gasteiger partial charge < -0.3 is 9.30 Å². The summed E-state index contributed by atoms with van der Waals surface area (Å²) < 4.78 is 68.8. The zero-order valence-electron chi connectivity index (χ0n) is 29.6. The Bertz CT molecular complexity index is 2470. The predicted molar refractivity (Wildman–Crippen MR) is 170 cm³/mol. The molecule has 7 aromatic rings. The van der Waals surface area contributed by atoms with Crippen molar-refractivity contribution < 1.29 is 14.3 Å². The summed E-state index contributed by atoms with van der Waals surface area (Å²) in [5, 5.41) is 2.28. The minimum Gasteiger partial charge on any atom is -0.457 e. The van der Waals surface area contributed by atoms with Gasteiger partial charge in [0.2, 0.25) is 0 Å². The normalized spacial score (nSPS) is 15.9. The standard InChI is InChI=1S/C39H29NO/c1-39(2)33-13-7-9-15-37(33)41-38-23-21-29(25-34(38)39)27-18-16-26(17-19-27)28-20-22-36-32(24-28)31-12-6-8-14-35(31)40(36)30-10-4-3-5-11-30/h3-25H,1-2H3/i7D,9D,13D,15D,21D,23D,25D. The van der Waals surface area contributed by atoms with Crippen LogP contribution in [0.5, 0.6) is 11.5 Å². The van der Waals surface area contributed by atoms with Gasteiger partial charge >= 0.3 is 0 Å². The number of fused-ring (bicyclic) bond motifs is 5. The van der Waals surface area contributed by atoms with E-state index in [1.54, 1.807) is 13.8 Å². The monoisotopic (exact) mass is 534 g/mol. The van der Waals surface area contributed by atoms with Crippen LogP contribution >= 0.6 is 0 Å². The average Bonchev–Trinajstić information content (AvgIpc) is 3.42. The van der Waals surface area contributed by atoms with E-state index in [-0.39, 0.29) is 58.9 Å². The van der Waals surface area contributed by atoms with E-state index in [1.807, 2.05) is 42.5 Å². The lowest BCUT2D eigenvalue weighted by Gasteiger charge is -2.34. The number of hydrogen-bond donors (Lipinski definition) is 0. The molecule has 0 N–H and O–H groups in total. The molecular weight excluding hydrogens is 498 g/mol. The Kier molecular flexibility index (Phi) is 3.85. The Balaban J connectivity index is 1.24. The molecule has 1 aliphatic rings. The van der Waals surface area contributed by atoms with Gasteiger partial charge in [-0.2, -0.15) is 0 Å². The van der Waals surface area contributed by atoms with Crippen molar-refractivity contribution in [3.8, 4) is 39.4 Å². The highest BCUT2D eigenvalue weighted by molar-refractivity contribution is 6.10. The van der Waals surface area contributed by atoms with Gasteiger partial charge in [-0.15, -0.1) is 0 Å². The molecule has 6 aromatic carbocycles. The van der Waals surface area contributed by atoms with E-state index >= 15 is 0 Å². The third kappa shape index (κ3) is 3.72. The van der Waals surface area contributed by atoms with Crippen LogP contribution in [0.25, 0.3) is 49.7 Å². The van der Waals surface area contributed by atoms with Gasteiger partial charge in [-0.25, -0.2) is 0 Å².